The van der Waals surface area contributed by atoms with E-state index in [1.807, 2.05) is 30.7 Å². The Morgan fingerprint density at radius 1 is 1.21 bits per heavy atom. The summed E-state index contributed by atoms with van der Waals surface area (Å²) in [6.45, 7) is 12.1. The van der Waals surface area contributed by atoms with E-state index < -0.39 is 0 Å². The van der Waals surface area contributed by atoms with E-state index in [1.54, 1.807) is 0 Å². The normalized spacial score (nSPS) is 21.8. The van der Waals surface area contributed by atoms with Gasteiger partial charge in [-0.1, -0.05) is 0 Å². The summed E-state index contributed by atoms with van der Waals surface area (Å²) in [4.78, 5) is 23.6. The molecule has 0 spiro atoms. The molecule has 138 valence electrons. The van der Waals surface area contributed by atoms with Gasteiger partial charge in [0.25, 0.3) is 0 Å². The molecular formula is C18H35N5O. The van der Waals surface area contributed by atoms with Crippen molar-refractivity contribution in [3.05, 3.63) is 0 Å². The van der Waals surface area contributed by atoms with Gasteiger partial charge in [0.2, 0.25) is 5.91 Å². The standard InChI is InChI=1S/C18H35N5O/c1-5-19-18(21(4)14-17(24)22(6-2)7-3)20-12-15-10-11-23(13-15)16-8-9-16/h15-16H,5-14H2,1-4H3,(H,19,20). The van der Waals surface area contributed by atoms with Crippen LogP contribution in [0.1, 0.15) is 40.0 Å². The molecule has 1 saturated carbocycles. The molecule has 0 aromatic carbocycles. The number of rotatable bonds is 8. The molecule has 0 bridgehead atoms. The zero-order valence-corrected chi connectivity index (χ0v) is 15.9. The van der Waals surface area contributed by atoms with Gasteiger partial charge in [-0.3, -0.25) is 9.79 Å². The fraction of sp³-hybridized carbons (Fsp3) is 0.889. The minimum absolute atomic E-state index is 0.161. The molecule has 1 unspecified atom stereocenters. The lowest BCUT2D eigenvalue weighted by molar-refractivity contribution is -0.131. The lowest BCUT2D eigenvalue weighted by atomic mass is 10.1. The first-order valence-corrected chi connectivity index (χ1v) is 9.60. The van der Waals surface area contributed by atoms with Crippen LogP contribution in [0.4, 0.5) is 0 Å². The molecule has 0 aromatic heterocycles. The van der Waals surface area contributed by atoms with Gasteiger partial charge in [-0.15, -0.1) is 0 Å². The number of hydrogen-bond acceptors (Lipinski definition) is 3. The molecule has 1 amide bonds. The van der Waals surface area contributed by atoms with Crippen molar-refractivity contribution in [2.24, 2.45) is 10.9 Å². The van der Waals surface area contributed by atoms with Crippen LogP contribution in [0.5, 0.6) is 0 Å². The molecule has 0 radical (unpaired) electrons. The minimum atomic E-state index is 0.161. The first-order valence-electron chi connectivity index (χ1n) is 9.60. The maximum Gasteiger partial charge on any atom is 0.242 e. The van der Waals surface area contributed by atoms with Crippen LogP contribution in [0.2, 0.25) is 0 Å². The number of carbonyl (C=O) groups is 1. The predicted molar refractivity (Wildman–Crippen MR) is 99.2 cm³/mol. The van der Waals surface area contributed by atoms with Crippen LogP contribution in [-0.4, -0.2) is 85.5 Å². The first-order chi connectivity index (χ1) is 11.6. The molecule has 2 rings (SSSR count). The van der Waals surface area contributed by atoms with Crippen LogP contribution in [0.15, 0.2) is 4.99 Å². The maximum atomic E-state index is 12.3. The molecule has 24 heavy (non-hydrogen) atoms. The van der Waals surface area contributed by atoms with E-state index in [1.165, 1.54) is 32.4 Å². The molecule has 6 heteroatoms. The molecule has 2 aliphatic rings. The van der Waals surface area contributed by atoms with Gasteiger partial charge in [0.1, 0.15) is 0 Å². The van der Waals surface area contributed by atoms with Gasteiger partial charge in [-0.25, -0.2) is 0 Å². The highest BCUT2D eigenvalue weighted by Gasteiger charge is 2.34. The number of likely N-dealkylation sites (tertiary alicyclic amines) is 1. The number of carbonyl (C=O) groups excluding carboxylic acids is 1. The monoisotopic (exact) mass is 337 g/mol. The van der Waals surface area contributed by atoms with Gasteiger partial charge in [0.05, 0.1) is 6.54 Å². The average molecular weight is 338 g/mol. The summed E-state index contributed by atoms with van der Waals surface area (Å²) in [6.07, 6.45) is 4.02. The van der Waals surface area contributed by atoms with Crippen molar-refractivity contribution in [1.82, 2.24) is 20.0 Å². The third kappa shape index (κ3) is 5.36. The van der Waals surface area contributed by atoms with Crippen LogP contribution >= 0.6 is 0 Å². The number of guanidine groups is 1. The Kier molecular flexibility index (Phi) is 7.34. The number of aliphatic imine (C=N–C) groups is 1. The van der Waals surface area contributed by atoms with Crippen LogP contribution in [0, 0.1) is 5.92 Å². The first kappa shape index (κ1) is 19.0. The second kappa shape index (κ2) is 9.25. The highest BCUT2D eigenvalue weighted by Crippen LogP contribution is 2.31. The smallest absolute Gasteiger partial charge is 0.242 e. The second-order valence-electron chi connectivity index (χ2n) is 7.00. The van der Waals surface area contributed by atoms with Crippen molar-refractivity contribution in [1.29, 1.82) is 0 Å². The fourth-order valence-corrected chi connectivity index (χ4v) is 3.42. The van der Waals surface area contributed by atoms with Crippen LogP contribution in [0.25, 0.3) is 0 Å². The molecule has 6 nitrogen and oxygen atoms in total. The summed E-state index contributed by atoms with van der Waals surface area (Å²) in [5.41, 5.74) is 0. The number of nitrogens with one attached hydrogen (secondary N) is 1. The topological polar surface area (TPSA) is 51.2 Å². The number of nitrogens with zero attached hydrogens (tertiary/aromatic N) is 4. The Morgan fingerprint density at radius 2 is 1.92 bits per heavy atom. The molecule has 2 fully saturated rings. The molecule has 0 aromatic rings. The second-order valence-corrected chi connectivity index (χ2v) is 7.00. The zero-order chi connectivity index (χ0) is 17.5. The van der Waals surface area contributed by atoms with Gasteiger partial charge in [-0.2, -0.15) is 0 Å². The lowest BCUT2D eigenvalue weighted by Crippen LogP contribution is -2.45. The third-order valence-electron chi connectivity index (χ3n) is 5.06. The summed E-state index contributed by atoms with van der Waals surface area (Å²) >= 11 is 0. The Labute approximate surface area is 147 Å². The van der Waals surface area contributed by atoms with Crippen LogP contribution in [-0.2, 0) is 4.79 Å². The molecule has 1 N–H and O–H groups in total. The molecule has 1 aliphatic carbocycles. The van der Waals surface area contributed by atoms with Crippen molar-refractivity contribution in [2.45, 2.75) is 46.1 Å². The van der Waals surface area contributed by atoms with Crippen molar-refractivity contribution in [3.63, 3.8) is 0 Å². The Bertz CT molecular complexity index is 431. The van der Waals surface area contributed by atoms with E-state index in [9.17, 15) is 4.79 Å². The highest BCUT2D eigenvalue weighted by molar-refractivity contribution is 5.86. The van der Waals surface area contributed by atoms with E-state index in [4.69, 9.17) is 4.99 Å². The predicted octanol–water partition coefficient (Wildman–Crippen LogP) is 1.24. The largest absolute Gasteiger partial charge is 0.357 e. The van der Waals surface area contributed by atoms with Gasteiger partial charge in [0, 0.05) is 45.8 Å². The quantitative estimate of drug-likeness (QED) is 0.535. The van der Waals surface area contributed by atoms with Crippen molar-refractivity contribution < 1.29 is 4.79 Å². The molecular weight excluding hydrogens is 302 g/mol. The van der Waals surface area contributed by atoms with Crippen molar-refractivity contribution >= 4 is 11.9 Å². The number of amides is 1. The maximum absolute atomic E-state index is 12.3. The Morgan fingerprint density at radius 3 is 2.50 bits per heavy atom. The summed E-state index contributed by atoms with van der Waals surface area (Å²) in [5, 5.41) is 3.32. The Hall–Kier alpha value is -1.30. The summed E-state index contributed by atoms with van der Waals surface area (Å²) < 4.78 is 0. The SMILES string of the molecule is CCNC(=NCC1CCN(C2CC2)C1)N(C)CC(=O)N(CC)CC. The van der Waals surface area contributed by atoms with Gasteiger partial charge >= 0.3 is 0 Å². The lowest BCUT2D eigenvalue weighted by Gasteiger charge is -2.26. The van der Waals surface area contributed by atoms with Crippen LogP contribution < -0.4 is 5.32 Å². The summed E-state index contributed by atoms with van der Waals surface area (Å²) in [5.74, 6) is 1.67. The molecule has 1 atom stereocenters. The summed E-state index contributed by atoms with van der Waals surface area (Å²) in [7, 11) is 1.95. The van der Waals surface area contributed by atoms with Crippen molar-refractivity contribution in [3.8, 4) is 0 Å². The number of hydrogen-bond donors (Lipinski definition) is 1. The number of likely N-dealkylation sites (N-methyl/N-ethyl adjacent to an activating group) is 2. The van der Waals surface area contributed by atoms with Crippen LogP contribution in [0.3, 0.4) is 0 Å². The van der Waals surface area contributed by atoms with E-state index >= 15 is 0 Å². The van der Waals surface area contributed by atoms with E-state index in [-0.39, 0.29) is 5.91 Å². The molecule has 1 saturated heterocycles. The summed E-state index contributed by atoms with van der Waals surface area (Å²) in [6, 6.07) is 0.863. The molecule has 1 aliphatic heterocycles. The van der Waals surface area contributed by atoms with Crippen molar-refractivity contribution in [2.75, 3.05) is 52.9 Å². The fourth-order valence-electron chi connectivity index (χ4n) is 3.42. The Balaban J connectivity index is 1.85. The highest BCUT2D eigenvalue weighted by atomic mass is 16.2. The van der Waals surface area contributed by atoms with Gasteiger partial charge in [-0.05, 0) is 52.5 Å². The third-order valence-corrected chi connectivity index (χ3v) is 5.06. The van der Waals surface area contributed by atoms with Gasteiger partial charge < -0.3 is 20.0 Å². The van der Waals surface area contributed by atoms with Gasteiger partial charge in [0.15, 0.2) is 5.96 Å². The van der Waals surface area contributed by atoms with E-state index in [0.717, 1.165) is 38.2 Å². The minimum Gasteiger partial charge on any atom is -0.357 e. The van der Waals surface area contributed by atoms with E-state index in [0.29, 0.717) is 12.5 Å². The molecule has 1 heterocycles. The zero-order valence-electron chi connectivity index (χ0n) is 15.9. The van der Waals surface area contributed by atoms with E-state index in [2.05, 4.69) is 17.1 Å². The average Bonchev–Trinajstić information content (AvgIpc) is 3.31.